The average Bonchev–Trinajstić information content (AvgIpc) is 2.63. The molecule has 2 aromatic rings. The number of nitrogens with zero attached hydrogens (tertiary/aromatic N) is 2. The molecule has 0 aliphatic heterocycles. The molecular weight excluding hydrogens is 395 g/mol. The summed E-state index contributed by atoms with van der Waals surface area (Å²) < 4.78 is 71.9. The molecule has 1 aromatic carbocycles. The van der Waals surface area contributed by atoms with E-state index in [2.05, 4.69) is 9.97 Å². The summed E-state index contributed by atoms with van der Waals surface area (Å²) in [4.78, 5) is 19.1. The topological polar surface area (TPSA) is 52.1 Å². The van der Waals surface area contributed by atoms with Crippen molar-refractivity contribution >= 4 is 17.6 Å². The highest BCUT2D eigenvalue weighted by Gasteiger charge is 2.27. The van der Waals surface area contributed by atoms with E-state index in [0.29, 0.717) is 19.0 Å². The second-order valence-corrected chi connectivity index (χ2v) is 5.81. The Morgan fingerprint density at radius 1 is 1.22 bits per heavy atom. The van der Waals surface area contributed by atoms with Crippen molar-refractivity contribution in [2.45, 2.75) is 32.6 Å². The smallest absolute Gasteiger partial charge is 0.359 e. The molecule has 0 unspecified atom stereocenters. The zero-order valence-electron chi connectivity index (χ0n) is 14.0. The first-order valence-electron chi connectivity index (χ1n) is 7.86. The lowest BCUT2D eigenvalue weighted by molar-refractivity contribution is 0.0479. The molecule has 2 rings (SSSR count). The first-order chi connectivity index (χ1) is 12.8. The van der Waals surface area contributed by atoms with Crippen LogP contribution < -0.4 is 0 Å². The van der Waals surface area contributed by atoms with Crippen LogP contribution in [0.25, 0.3) is 11.3 Å². The minimum atomic E-state index is -3.17. The summed E-state index contributed by atoms with van der Waals surface area (Å²) in [6, 6.07) is 1.82. The maximum absolute atomic E-state index is 14.4. The molecular formula is C17H14ClF5N2O2. The van der Waals surface area contributed by atoms with Gasteiger partial charge in [-0.05, 0) is 12.5 Å². The largest absolute Gasteiger partial charge is 0.461 e. The van der Waals surface area contributed by atoms with Gasteiger partial charge in [0.25, 0.3) is 12.9 Å². The molecule has 1 aromatic heterocycles. The predicted octanol–water partition coefficient (Wildman–Crippen LogP) is 5.77. The van der Waals surface area contributed by atoms with Gasteiger partial charge < -0.3 is 4.74 Å². The van der Waals surface area contributed by atoms with Gasteiger partial charge >= 0.3 is 5.97 Å². The average molecular weight is 409 g/mol. The van der Waals surface area contributed by atoms with E-state index < -0.39 is 57.9 Å². The second kappa shape index (κ2) is 9.07. The van der Waals surface area contributed by atoms with Gasteiger partial charge in [-0.25, -0.2) is 31.7 Å². The number of benzene rings is 1. The fraction of sp³-hybridized carbons (Fsp3) is 0.353. The number of rotatable bonds is 7. The van der Waals surface area contributed by atoms with Crippen molar-refractivity contribution in [1.82, 2.24) is 9.97 Å². The van der Waals surface area contributed by atoms with Crippen molar-refractivity contribution in [3.63, 3.8) is 0 Å². The van der Waals surface area contributed by atoms with Crippen LogP contribution in [-0.2, 0) is 4.74 Å². The van der Waals surface area contributed by atoms with E-state index in [-0.39, 0.29) is 6.61 Å². The third kappa shape index (κ3) is 4.71. The zero-order valence-corrected chi connectivity index (χ0v) is 14.7. The number of esters is 1. The molecule has 146 valence electrons. The molecule has 0 spiro atoms. The van der Waals surface area contributed by atoms with Crippen LogP contribution >= 0.6 is 11.6 Å². The Kier molecular flexibility index (Phi) is 7.06. The van der Waals surface area contributed by atoms with Crippen molar-refractivity contribution in [3.8, 4) is 11.3 Å². The zero-order chi connectivity index (χ0) is 20.1. The summed E-state index contributed by atoms with van der Waals surface area (Å²) in [5.41, 5.74) is -3.86. The predicted molar refractivity (Wildman–Crippen MR) is 87.5 cm³/mol. The van der Waals surface area contributed by atoms with Gasteiger partial charge in [0.1, 0.15) is 5.69 Å². The summed E-state index contributed by atoms with van der Waals surface area (Å²) in [5, 5.41) is -0.471. The lowest BCUT2D eigenvalue weighted by Gasteiger charge is -2.13. The summed E-state index contributed by atoms with van der Waals surface area (Å²) in [6.45, 7) is 1.78. The minimum absolute atomic E-state index is 0.0439. The number of hydrogen-bond acceptors (Lipinski definition) is 4. The molecule has 1 heterocycles. The summed E-state index contributed by atoms with van der Waals surface area (Å²) in [5.74, 6) is -2.42. The van der Waals surface area contributed by atoms with E-state index in [9.17, 15) is 26.7 Å². The van der Waals surface area contributed by atoms with Crippen LogP contribution in [0, 0.1) is 5.82 Å². The lowest BCUT2D eigenvalue weighted by Crippen LogP contribution is -2.14. The summed E-state index contributed by atoms with van der Waals surface area (Å²) >= 11 is 5.63. The number of carbonyl (C=O) groups is 1. The highest BCUT2D eigenvalue weighted by atomic mass is 35.5. The maximum atomic E-state index is 14.4. The first kappa shape index (κ1) is 21.0. The van der Waals surface area contributed by atoms with E-state index >= 15 is 0 Å². The van der Waals surface area contributed by atoms with Crippen LogP contribution in [0.2, 0.25) is 5.02 Å². The standard InChI is InChI=1S/C17H14ClF5N2O2/c1-2-3-6-27-17(26)14-13(16(22)23)24-7-10(25-14)11-8(15(20)21)4-5-9(18)12(11)19/h4-5,7,15-16H,2-3,6H2,1H3. The fourth-order valence-corrected chi connectivity index (χ4v) is 2.37. The van der Waals surface area contributed by atoms with E-state index in [1.54, 1.807) is 0 Å². The van der Waals surface area contributed by atoms with E-state index in [1.165, 1.54) is 0 Å². The molecule has 4 nitrogen and oxygen atoms in total. The van der Waals surface area contributed by atoms with Gasteiger partial charge in [-0.3, -0.25) is 4.98 Å². The second-order valence-electron chi connectivity index (χ2n) is 5.41. The molecule has 0 radical (unpaired) electrons. The number of alkyl halides is 4. The highest BCUT2D eigenvalue weighted by molar-refractivity contribution is 6.31. The number of halogens is 6. The fourth-order valence-electron chi connectivity index (χ4n) is 2.21. The number of carbonyl (C=O) groups excluding carboxylic acids is 1. The molecule has 0 amide bonds. The molecule has 10 heteroatoms. The van der Waals surface area contributed by atoms with Gasteiger partial charge in [0, 0.05) is 11.1 Å². The summed E-state index contributed by atoms with van der Waals surface area (Å²) in [6.07, 6.45) is -4.40. The number of hydrogen-bond donors (Lipinski definition) is 0. The Hall–Kier alpha value is -2.29. The van der Waals surface area contributed by atoms with Crippen molar-refractivity contribution in [3.05, 3.63) is 46.1 Å². The van der Waals surface area contributed by atoms with Crippen LogP contribution in [-0.4, -0.2) is 22.5 Å². The Balaban J connectivity index is 2.59. The van der Waals surface area contributed by atoms with Gasteiger partial charge in [0.05, 0.1) is 23.5 Å². The third-order valence-corrected chi connectivity index (χ3v) is 3.84. The molecule has 0 aliphatic rings. The quantitative estimate of drug-likeness (QED) is 0.331. The Bertz CT molecular complexity index is 833. The maximum Gasteiger partial charge on any atom is 0.359 e. The van der Waals surface area contributed by atoms with Gasteiger partial charge in [-0.1, -0.05) is 31.0 Å². The number of aromatic nitrogens is 2. The van der Waals surface area contributed by atoms with E-state index in [0.717, 1.165) is 12.1 Å². The van der Waals surface area contributed by atoms with Crippen molar-refractivity contribution in [2.75, 3.05) is 6.61 Å². The molecule has 0 bridgehead atoms. The molecule has 0 saturated heterocycles. The van der Waals surface area contributed by atoms with Crippen molar-refractivity contribution in [2.24, 2.45) is 0 Å². The SMILES string of the molecule is CCCCOC(=O)c1nc(-c2c(C(F)F)ccc(Cl)c2F)cnc1C(F)F. The van der Waals surface area contributed by atoms with E-state index in [1.807, 2.05) is 6.92 Å². The lowest BCUT2D eigenvalue weighted by atomic mass is 10.0. The van der Waals surface area contributed by atoms with Gasteiger partial charge in [-0.2, -0.15) is 0 Å². The molecule has 0 aliphatic carbocycles. The monoisotopic (exact) mass is 408 g/mol. The highest BCUT2D eigenvalue weighted by Crippen LogP contribution is 2.36. The van der Waals surface area contributed by atoms with Crippen LogP contribution in [0.1, 0.15) is 54.4 Å². The number of unbranched alkanes of at least 4 members (excludes halogenated alkanes) is 1. The molecule has 0 saturated carbocycles. The third-order valence-electron chi connectivity index (χ3n) is 3.55. The Labute approximate surface area is 156 Å². The molecule has 27 heavy (non-hydrogen) atoms. The Morgan fingerprint density at radius 3 is 2.52 bits per heavy atom. The molecule has 0 N–H and O–H groups in total. The minimum Gasteiger partial charge on any atom is -0.461 e. The van der Waals surface area contributed by atoms with Crippen LogP contribution in [0.5, 0.6) is 0 Å². The van der Waals surface area contributed by atoms with Gasteiger partial charge in [0.15, 0.2) is 11.5 Å². The van der Waals surface area contributed by atoms with Crippen LogP contribution in [0.15, 0.2) is 18.3 Å². The first-order valence-corrected chi connectivity index (χ1v) is 8.24. The number of ether oxygens (including phenoxy) is 1. The van der Waals surface area contributed by atoms with Crippen LogP contribution in [0.4, 0.5) is 22.0 Å². The molecule has 0 atom stereocenters. The van der Waals surface area contributed by atoms with E-state index in [4.69, 9.17) is 16.3 Å². The van der Waals surface area contributed by atoms with Crippen LogP contribution in [0.3, 0.4) is 0 Å². The van der Waals surface area contributed by atoms with Crippen molar-refractivity contribution < 1.29 is 31.5 Å². The van der Waals surface area contributed by atoms with Gasteiger partial charge in [0.2, 0.25) is 0 Å². The molecule has 0 fully saturated rings. The normalized spacial score (nSPS) is 11.3. The van der Waals surface area contributed by atoms with Crippen molar-refractivity contribution in [1.29, 1.82) is 0 Å². The Morgan fingerprint density at radius 2 is 1.93 bits per heavy atom. The van der Waals surface area contributed by atoms with Gasteiger partial charge in [-0.15, -0.1) is 0 Å². The summed E-state index contributed by atoms with van der Waals surface area (Å²) in [7, 11) is 0.